The van der Waals surface area contributed by atoms with Crippen molar-refractivity contribution < 1.29 is 0 Å². The summed E-state index contributed by atoms with van der Waals surface area (Å²) in [5, 5.41) is 0. The summed E-state index contributed by atoms with van der Waals surface area (Å²) < 4.78 is 0. The molecule has 4 nitrogen and oxygen atoms in total. The van der Waals surface area contributed by atoms with E-state index in [0.29, 0.717) is 5.88 Å². The largest absolute Gasteiger partial charge is 0.368 e. The molecule has 0 bridgehead atoms. The van der Waals surface area contributed by atoms with Crippen LogP contribution >= 0.6 is 11.6 Å². The normalized spacial score (nSPS) is 15.4. The van der Waals surface area contributed by atoms with Crippen molar-refractivity contribution >= 4 is 23.1 Å². The average Bonchev–Trinajstić information content (AvgIpc) is 2.56. The first-order chi connectivity index (χ1) is 9.86. The lowest BCUT2D eigenvalue weighted by Gasteiger charge is -2.36. The fraction of sp³-hybridized carbons (Fsp3) is 0.333. The van der Waals surface area contributed by atoms with Crippen molar-refractivity contribution in [2.45, 2.75) is 5.88 Å². The molecule has 2 heterocycles. The van der Waals surface area contributed by atoms with Crippen molar-refractivity contribution in [1.29, 1.82) is 0 Å². The monoisotopic (exact) mass is 288 g/mol. The molecular formula is C15H17ClN4. The molecule has 1 aromatic carbocycles. The second kappa shape index (κ2) is 6.09. The van der Waals surface area contributed by atoms with Crippen LogP contribution in [0, 0.1) is 0 Å². The van der Waals surface area contributed by atoms with Crippen LogP contribution in [0.2, 0.25) is 0 Å². The number of halogens is 1. The van der Waals surface area contributed by atoms with Crippen LogP contribution in [0.1, 0.15) is 5.69 Å². The van der Waals surface area contributed by atoms with Crippen molar-refractivity contribution in [2.75, 3.05) is 36.0 Å². The molecule has 5 heteroatoms. The van der Waals surface area contributed by atoms with Crippen molar-refractivity contribution in [3.8, 4) is 0 Å². The van der Waals surface area contributed by atoms with Gasteiger partial charge in [-0.2, -0.15) is 0 Å². The van der Waals surface area contributed by atoms with Gasteiger partial charge in [0.1, 0.15) is 5.82 Å². The van der Waals surface area contributed by atoms with E-state index in [4.69, 9.17) is 11.6 Å². The summed E-state index contributed by atoms with van der Waals surface area (Å²) in [5.74, 6) is 1.33. The highest BCUT2D eigenvalue weighted by Gasteiger charge is 2.18. The van der Waals surface area contributed by atoms with E-state index in [1.807, 2.05) is 12.3 Å². The maximum absolute atomic E-state index is 5.81. The molecule has 20 heavy (non-hydrogen) atoms. The Morgan fingerprint density at radius 3 is 2.35 bits per heavy atom. The van der Waals surface area contributed by atoms with E-state index in [1.165, 1.54) is 5.69 Å². The first kappa shape index (κ1) is 13.2. The van der Waals surface area contributed by atoms with Crippen molar-refractivity contribution in [3.05, 3.63) is 48.4 Å². The number of aromatic nitrogens is 2. The predicted octanol–water partition coefficient (Wildman–Crippen LogP) is 2.54. The number of anilines is 2. The summed E-state index contributed by atoms with van der Waals surface area (Å²) in [4.78, 5) is 13.4. The van der Waals surface area contributed by atoms with E-state index in [-0.39, 0.29) is 0 Å². The molecule has 2 aromatic rings. The first-order valence-electron chi connectivity index (χ1n) is 6.78. The van der Waals surface area contributed by atoms with E-state index in [0.717, 1.165) is 37.7 Å². The number of benzene rings is 1. The summed E-state index contributed by atoms with van der Waals surface area (Å²) in [6.07, 6.45) is 3.53. The van der Waals surface area contributed by atoms with Crippen molar-refractivity contribution in [1.82, 2.24) is 9.97 Å². The van der Waals surface area contributed by atoms with Gasteiger partial charge >= 0.3 is 0 Å². The van der Waals surface area contributed by atoms with E-state index >= 15 is 0 Å². The van der Waals surface area contributed by atoms with Gasteiger partial charge in [0.15, 0.2) is 0 Å². The average molecular weight is 289 g/mol. The molecule has 0 atom stereocenters. The standard InChI is InChI=1S/C15H17ClN4/c16-10-13-11-17-12-15(18-13)20-8-6-19(7-9-20)14-4-2-1-3-5-14/h1-5,11-12H,6-10H2. The van der Waals surface area contributed by atoms with E-state index in [2.05, 4.69) is 44.0 Å². The third-order valence-electron chi connectivity index (χ3n) is 3.53. The summed E-state index contributed by atoms with van der Waals surface area (Å²) in [6.45, 7) is 3.90. The Labute approximate surface area is 124 Å². The smallest absolute Gasteiger partial charge is 0.147 e. The minimum atomic E-state index is 0.408. The molecule has 0 aliphatic carbocycles. The molecule has 1 aliphatic heterocycles. The number of hydrogen-bond acceptors (Lipinski definition) is 4. The highest BCUT2D eigenvalue weighted by molar-refractivity contribution is 6.16. The fourth-order valence-corrected chi connectivity index (χ4v) is 2.57. The predicted molar refractivity (Wildman–Crippen MR) is 82.5 cm³/mol. The number of alkyl halides is 1. The minimum Gasteiger partial charge on any atom is -0.368 e. The molecular weight excluding hydrogens is 272 g/mol. The van der Waals surface area contributed by atoms with Crippen LogP contribution in [0.5, 0.6) is 0 Å². The molecule has 0 radical (unpaired) electrons. The van der Waals surface area contributed by atoms with Gasteiger partial charge in [-0.25, -0.2) is 4.98 Å². The van der Waals surface area contributed by atoms with Crippen LogP contribution in [-0.4, -0.2) is 36.1 Å². The van der Waals surface area contributed by atoms with Gasteiger partial charge in [-0.3, -0.25) is 4.98 Å². The van der Waals surface area contributed by atoms with Gasteiger partial charge in [0.2, 0.25) is 0 Å². The SMILES string of the molecule is ClCc1cncc(N2CCN(c3ccccc3)CC2)n1. The molecule has 0 N–H and O–H groups in total. The molecule has 1 aliphatic rings. The van der Waals surface area contributed by atoms with Crippen LogP contribution in [0.4, 0.5) is 11.5 Å². The molecule has 3 rings (SSSR count). The zero-order valence-corrected chi connectivity index (χ0v) is 12.0. The zero-order chi connectivity index (χ0) is 13.8. The maximum Gasteiger partial charge on any atom is 0.147 e. The Balaban J connectivity index is 1.66. The quantitative estimate of drug-likeness (QED) is 0.813. The lowest BCUT2D eigenvalue weighted by atomic mass is 10.2. The Hall–Kier alpha value is -1.81. The number of nitrogens with zero attached hydrogens (tertiary/aromatic N) is 4. The Bertz CT molecular complexity index is 553. The van der Waals surface area contributed by atoms with Crippen LogP contribution in [0.25, 0.3) is 0 Å². The highest BCUT2D eigenvalue weighted by Crippen LogP contribution is 2.18. The van der Waals surface area contributed by atoms with Gasteiger partial charge < -0.3 is 9.80 Å². The Morgan fingerprint density at radius 2 is 1.65 bits per heavy atom. The molecule has 104 valence electrons. The second-order valence-corrected chi connectivity index (χ2v) is 5.08. The number of rotatable bonds is 3. The van der Waals surface area contributed by atoms with Crippen LogP contribution in [-0.2, 0) is 5.88 Å². The third kappa shape index (κ3) is 2.85. The lowest BCUT2D eigenvalue weighted by Crippen LogP contribution is -2.46. The van der Waals surface area contributed by atoms with E-state index < -0.39 is 0 Å². The van der Waals surface area contributed by atoms with Crippen LogP contribution in [0.3, 0.4) is 0 Å². The lowest BCUT2D eigenvalue weighted by molar-refractivity contribution is 0.645. The van der Waals surface area contributed by atoms with Crippen LogP contribution < -0.4 is 9.80 Å². The van der Waals surface area contributed by atoms with Gasteiger partial charge in [-0.15, -0.1) is 11.6 Å². The topological polar surface area (TPSA) is 32.3 Å². The van der Waals surface area contributed by atoms with Gasteiger partial charge in [-0.1, -0.05) is 18.2 Å². The molecule has 0 unspecified atom stereocenters. The molecule has 0 saturated carbocycles. The van der Waals surface area contributed by atoms with E-state index in [1.54, 1.807) is 6.20 Å². The first-order valence-corrected chi connectivity index (χ1v) is 7.32. The van der Waals surface area contributed by atoms with Gasteiger partial charge in [-0.05, 0) is 12.1 Å². The fourth-order valence-electron chi connectivity index (χ4n) is 2.44. The third-order valence-corrected chi connectivity index (χ3v) is 3.81. The van der Waals surface area contributed by atoms with Gasteiger partial charge in [0.05, 0.1) is 17.8 Å². The van der Waals surface area contributed by atoms with E-state index in [9.17, 15) is 0 Å². The van der Waals surface area contributed by atoms with Crippen molar-refractivity contribution in [2.24, 2.45) is 0 Å². The molecule has 1 saturated heterocycles. The highest BCUT2D eigenvalue weighted by atomic mass is 35.5. The molecule has 0 spiro atoms. The minimum absolute atomic E-state index is 0.408. The summed E-state index contributed by atoms with van der Waals surface area (Å²) >= 11 is 5.81. The summed E-state index contributed by atoms with van der Waals surface area (Å²) in [6, 6.07) is 10.5. The zero-order valence-electron chi connectivity index (χ0n) is 11.2. The maximum atomic E-state index is 5.81. The molecule has 0 amide bonds. The Morgan fingerprint density at radius 1 is 0.950 bits per heavy atom. The second-order valence-electron chi connectivity index (χ2n) is 4.81. The molecule has 1 aromatic heterocycles. The summed E-state index contributed by atoms with van der Waals surface area (Å²) in [5.41, 5.74) is 2.11. The number of piperazine rings is 1. The van der Waals surface area contributed by atoms with Crippen molar-refractivity contribution in [3.63, 3.8) is 0 Å². The van der Waals surface area contributed by atoms with Gasteiger partial charge in [0.25, 0.3) is 0 Å². The molecule has 1 fully saturated rings. The number of para-hydroxylation sites is 1. The van der Waals surface area contributed by atoms with Crippen LogP contribution in [0.15, 0.2) is 42.7 Å². The Kier molecular flexibility index (Phi) is 4.02. The number of hydrogen-bond donors (Lipinski definition) is 0. The summed E-state index contributed by atoms with van der Waals surface area (Å²) in [7, 11) is 0. The van der Waals surface area contributed by atoms with Gasteiger partial charge in [0, 0.05) is 38.1 Å².